The van der Waals surface area contributed by atoms with E-state index >= 15 is 0 Å². The minimum absolute atomic E-state index is 0.147. The van der Waals surface area contributed by atoms with Crippen LogP contribution < -0.4 is 0 Å². The molecule has 3 saturated carbocycles. The van der Waals surface area contributed by atoms with Gasteiger partial charge in [-0.2, -0.15) is 0 Å². The molecule has 0 spiro atoms. The lowest BCUT2D eigenvalue weighted by Crippen LogP contribution is -2.51. The molecule has 0 aromatic rings. The number of hydrogen-bond acceptors (Lipinski definition) is 2. The van der Waals surface area contributed by atoms with Crippen molar-refractivity contribution >= 4 is 5.78 Å². The van der Waals surface area contributed by atoms with E-state index in [1.807, 2.05) is 6.08 Å². The van der Waals surface area contributed by atoms with Crippen molar-refractivity contribution in [1.29, 1.82) is 0 Å². The number of ketones is 1. The van der Waals surface area contributed by atoms with Crippen LogP contribution in [0.15, 0.2) is 23.5 Å². The Hall–Kier alpha value is -1.05. The van der Waals surface area contributed by atoms with Gasteiger partial charge in [-0.05, 0) is 74.7 Å². The Morgan fingerprint density at radius 1 is 1.10 bits per heavy atom. The number of carbonyl (C=O) groups is 1. The maximum absolute atomic E-state index is 12.7. The lowest BCUT2D eigenvalue weighted by Gasteiger charge is -2.56. The molecule has 4 aliphatic carbocycles. The first-order valence-electron chi connectivity index (χ1n) is 8.61. The molecule has 0 unspecified atom stereocenters. The molecule has 0 aromatic carbocycles. The maximum Gasteiger partial charge on any atom is 0.169 e. The third kappa shape index (κ3) is 1.68. The molecule has 5 atom stereocenters. The van der Waals surface area contributed by atoms with Gasteiger partial charge in [-0.1, -0.05) is 18.9 Å². The van der Waals surface area contributed by atoms with Crippen LogP contribution in [0.3, 0.4) is 0 Å². The second kappa shape index (κ2) is 4.24. The van der Waals surface area contributed by atoms with Gasteiger partial charge in [-0.25, -0.2) is 0 Å². The zero-order valence-corrected chi connectivity index (χ0v) is 13.2. The molecule has 0 radical (unpaired) electrons. The highest BCUT2D eigenvalue weighted by Crippen LogP contribution is 2.64. The summed E-state index contributed by atoms with van der Waals surface area (Å²) in [5, 5.41) is 9.78. The molecule has 2 heteroatoms. The van der Waals surface area contributed by atoms with E-state index in [2.05, 4.69) is 13.8 Å². The largest absolute Gasteiger partial charge is 0.508 e. The van der Waals surface area contributed by atoms with E-state index in [9.17, 15) is 9.90 Å². The Labute approximate surface area is 127 Å². The molecule has 0 bridgehead atoms. The summed E-state index contributed by atoms with van der Waals surface area (Å²) in [4.78, 5) is 12.7. The van der Waals surface area contributed by atoms with Crippen molar-refractivity contribution in [2.24, 2.45) is 28.6 Å². The zero-order valence-electron chi connectivity index (χ0n) is 13.2. The minimum atomic E-state index is -0.334. The predicted octanol–water partition coefficient (Wildman–Crippen LogP) is 4.57. The Bertz CT molecular complexity index is 558. The van der Waals surface area contributed by atoms with Crippen LogP contribution in [0.1, 0.15) is 58.8 Å². The number of hydrogen-bond donors (Lipinski definition) is 1. The van der Waals surface area contributed by atoms with Crippen molar-refractivity contribution in [3.63, 3.8) is 0 Å². The van der Waals surface area contributed by atoms with Crippen LogP contribution in [0.2, 0.25) is 0 Å². The number of aliphatic hydroxyl groups is 1. The second-order valence-electron chi connectivity index (χ2n) is 8.31. The summed E-state index contributed by atoms with van der Waals surface area (Å²) >= 11 is 0. The number of fused-ring (bicyclic) bond motifs is 5. The fourth-order valence-corrected chi connectivity index (χ4v) is 6.29. The van der Waals surface area contributed by atoms with Crippen molar-refractivity contribution in [2.45, 2.75) is 58.8 Å². The first-order valence-corrected chi connectivity index (χ1v) is 8.61. The van der Waals surface area contributed by atoms with E-state index in [-0.39, 0.29) is 17.0 Å². The molecule has 21 heavy (non-hydrogen) atoms. The van der Waals surface area contributed by atoms with E-state index in [1.165, 1.54) is 50.2 Å². The highest BCUT2D eigenvalue weighted by molar-refractivity contribution is 5.99. The highest BCUT2D eigenvalue weighted by Gasteiger charge is 2.58. The molecule has 0 heterocycles. The van der Waals surface area contributed by atoms with Gasteiger partial charge in [0.15, 0.2) is 5.78 Å². The minimum Gasteiger partial charge on any atom is -0.508 e. The summed E-state index contributed by atoms with van der Waals surface area (Å²) in [6.07, 6.45) is 12.1. The number of allylic oxidation sites excluding steroid dienone is 3. The van der Waals surface area contributed by atoms with E-state index in [0.717, 1.165) is 12.3 Å². The molecule has 114 valence electrons. The van der Waals surface area contributed by atoms with Gasteiger partial charge in [0.05, 0.1) is 5.41 Å². The topological polar surface area (TPSA) is 37.3 Å². The third-order valence-corrected chi connectivity index (χ3v) is 7.49. The van der Waals surface area contributed by atoms with Gasteiger partial charge in [0, 0.05) is 6.08 Å². The fraction of sp³-hybridized carbons (Fsp3) is 0.737. The van der Waals surface area contributed by atoms with Gasteiger partial charge in [-0.3, -0.25) is 4.79 Å². The van der Waals surface area contributed by atoms with Gasteiger partial charge in [0.25, 0.3) is 0 Å². The van der Waals surface area contributed by atoms with Crippen molar-refractivity contribution in [3.8, 4) is 0 Å². The van der Waals surface area contributed by atoms with Crippen LogP contribution in [0.4, 0.5) is 0 Å². The quantitative estimate of drug-likeness (QED) is 0.708. The summed E-state index contributed by atoms with van der Waals surface area (Å²) < 4.78 is 0. The van der Waals surface area contributed by atoms with Gasteiger partial charge in [0.1, 0.15) is 5.76 Å². The molecule has 0 amide bonds. The smallest absolute Gasteiger partial charge is 0.169 e. The summed E-state index contributed by atoms with van der Waals surface area (Å²) in [6.45, 7) is 4.64. The lowest BCUT2D eigenvalue weighted by atomic mass is 9.48. The molecule has 0 saturated heterocycles. The number of rotatable bonds is 0. The van der Waals surface area contributed by atoms with Gasteiger partial charge >= 0.3 is 0 Å². The van der Waals surface area contributed by atoms with Crippen LogP contribution >= 0.6 is 0 Å². The third-order valence-electron chi connectivity index (χ3n) is 7.49. The number of aliphatic hydroxyl groups excluding tert-OH is 1. The average molecular weight is 286 g/mol. The van der Waals surface area contributed by atoms with Crippen LogP contribution in [0.5, 0.6) is 0 Å². The molecule has 0 aliphatic heterocycles. The van der Waals surface area contributed by atoms with Gasteiger partial charge < -0.3 is 5.11 Å². The molecular formula is C19H26O2. The van der Waals surface area contributed by atoms with Crippen LogP contribution in [0, 0.1) is 28.6 Å². The van der Waals surface area contributed by atoms with Crippen LogP contribution in [0.25, 0.3) is 0 Å². The van der Waals surface area contributed by atoms with Crippen LogP contribution in [-0.4, -0.2) is 10.9 Å². The fourth-order valence-electron chi connectivity index (χ4n) is 6.29. The monoisotopic (exact) mass is 286 g/mol. The van der Waals surface area contributed by atoms with Crippen molar-refractivity contribution in [1.82, 2.24) is 0 Å². The standard InChI is InChI=1S/C19H26O2/c1-18-8-3-4-15(18)14-6-5-12-10-13(20)11-17(21)19(12,2)16(14)7-9-18/h10-11,14-16,20H,3-9H2,1-2H3/t14-,15-,16-,18-,19-/m0/s1. The Balaban J connectivity index is 1.74. The lowest BCUT2D eigenvalue weighted by molar-refractivity contribution is -0.130. The molecular weight excluding hydrogens is 260 g/mol. The Morgan fingerprint density at radius 3 is 2.71 bits per heavy atom. The molecule has 0 aromatic heterocycles. The van der Waals surface area contributed by atoms with Crippen molar-refractivity contribution < 1.29 is 9.90 Å². The van der Waals surface area contributed by atoms with Gasteiger partial charge in [-0.15, -0.1) is 0 Å². The average Bonchev–Trinajstić information content (AvgIpc) is 2.82. The van der Waals surface area contributed by atoms with E-state index < -0.39 is 0 Å². The normalized spacial score (nSPS) is 48.9. The zero-order chi connectivity index (χ0) is 14.8. The summed E-state index contributed by atoms with van der Waals surface area (Å²) in [5.74, 6) is 2.33. The molecule has 4 aliphatic rings. The van der Waals surface area contributed by atoms with E-state index in [0.29, 0.717) is 17.3 Å². The van der Waals surface area contributed by atoms with E-state index in [1.54, 1.807) is 0 Å². The number of carbonyl (C=O) groups excluding carboxylic acids is 1. The summed E-state index contributed by atoms with van der Waals surface area (Å²) in [6, 6.07) is 0. The van der Waals surface area contributed by atoms with Crippen molar-refractivity contribution in [3.05, 3.63) is 23.5 Å². The predicted molar refractivity (Wildman–Crippen MR) is 82.8 cm³/mol. The second-order valence-corrected chi connectivity index (χ2v) is 8.31. The first kappa shape index (κ1) is 13.6. The Morgan fingerprint density at radius 2 is 1.90 bits per heavy atom. The van der Waals surface area contributed by atoms with Crippen LogP contribution in [-0.2, 0) is 4.79 Å². The van der Waals surface area contributed by atoms with E-state index in [4.69, 9.17) is 0 Å². The summed E-state index contributed by atoms with van der Waals surface area (Å²) in [5.41, 5.74) is 1.39. The molecule has 1 N–H and O–H groups in total. The SMILES string of the molecule is C[C@@]12CCC[C@H]1[C@@H]1CCC3=CC(O)=CC(=O)[C@]3(C)[C@H]1CC2. The summed E-state index contributed by atoms with van der Waals surface area (Å²) in [7, 11) is 0. The van der Waals surface area contributed by atoms with Gasteiger partial charge in [0.2, 0.25) is 0 Å². The first-order chi connectivity index (χ1) is 9.95. The molecule has 3 fully saturated rings. The molecule has 4 rings (SSSR count). The Kier molecular flexibility index (Phi) is 2.75. The molecule has 2 nitrogen and oxygen atoms in total. The maximum atomic E-state index is 12.7. The highest BCUT2D eigenvalue weighted by atomic mass is 16.3. The van der Waals surface area contributed by atoms with Crippen molar-refractivity contribution in [2.75, 3.05) is 0 Å².